The largest absolute Gasteiger partial charge is 0.462 e. The van der Waals surface area contributed by atoms with Crippen LogP contribution in [0.2, 0.25) is 0 Å². The van der Waals surface area contributed by atoms with Gasteiger partial charge in [-0.05, 0) is 13.3 Å². The van der Waals surface area contributed by atoms with Gasteiger partial charge in [0.25, 0.3) is 0 Å². The molecule has 0 fully saturated rings. The summed E-state index contributed by atoms with van der Waals surface area (Å²) in [5.74, 6) is -0.285. The molecule has 0 aliphatic heterocycles. The van der Waals surface area contributed by atoms with Crippen molar-refractivity contribution in [3.8, 4) is 0 Å². The highest BCUT2D eigenvalue weighted by Crippen LogP contribution is 2.06. The molecule has 0 unspecified atom stereocenters. The molecule has 4 heteroatoms. The Hall–Kier alpha value is -1.32. The molecule has 1 aromatic heterocycles. The van der Waals surface area contributed by atoms with Gasteiger partial charge in [0.1, 0.15) is 5.56 Å². The van der Waals surface area contributed by atoms with Crippen LogP contribution in [0.1, 0.15) is 29.4 Å². The number of nitrogens with zero attached hydrogens (tertiary/aromatic N) is 2. The van der Waals surface area contributed by atoms with E-state index in [4.69, 9.17) is 4.74 Å². The first kappa shape index (κ1) is 9.77. The van der Waals surface area contributed by atoms with Gasteiger partial charge in [0.05, 0.1) is 12.3 Å². The first-order chi connectivity index (χ1) is 6.15. The van der Waals surface area contributed by atoms with Crippen molar-refractivity contribution < 1.29 is 9.53 Å². The average Bonchev–Trinajstić information content (AvgIpc) is 2.41. The molecule has 1 aromatic rings. The van der Waals surface area contributed by atoms with Crippen LogP contribution in [0.15, 0.2) is 6.20 Å². The van der Waals surface area contributed by atoms with Crippen molar-refractivity contribution in [1.82, 2.24) is 9.78 Å². The molecule has 0 spiro atoms. The Kier molecular flexibility index (Phi) is 3.06. The third kappa shape index (κ3) is 2.31. The number of hydrogen-bond acceptors (Lipinski definition) is 3. The van der Waals surface area contributed by atoms with Gasteiger partial charge in [0, 0.05) is 13.2 Å². The molecule has 0 N–H and O–H groups in total. The molecule has 72 valence electrons. The lowest BCUT2D eigenvalue weighted by Gasteiger charge is -2.00. The maximum absolute atomic E-state index is 11.4. The minimum absolute atomic E-state index is 0.285. The predicted molar refractivity (Wildman–Crippen MR) is 48.5 cm³/mol. The van der Waals surface area contributed by atoms with Crippen molar-refractivity contribution in [1.29, 1.82) is 0 Å². The Balaban J connectivity index is 2.70. The fourth-order valence-corrected chi connectivity index (χ4v) is 1.07. The molecule has 0 saturated heterocycles. The summed E-state index contributed by atoms with van der Waals surface area (Å²) in [6, 6.07) is 0. The molecule has 0 bridgehead atoms. The number of hydrogen-bond donors (Lipinski definition) is 0. The van der Waals surface area contributed by atoms with E-state index in [2.05, 4.69) is 5.10 Å². The molecule has 1 rings (SSSR count). The third-order valence-electron chi connectivity index (χ3n) is 1.67. The molecule has 4 nitrogen and oxygen atoms in total. The molecule has 1 heterocycles. The van der Waals surface area contributed by atoms with E-state index >= 15 is 0 Å². The minimum atomic E-state index is -0.285. The molecular formula is C9H14N2O2. The second-order valence-electron chi connectivity index (χ2n) is 2.94. The highest BCUT2D eigenvalue weighted by atomic mass is 16.5. The molecule has 0 aliphatic rings. The van der Waals surface area contributed by atoms with E-state index in [9.17, 15) is 4.79 Å². The number of esters is 1. The fraction of sp³-hybridized carbons (Fsp3) is 0.556. The van der Waals surface area contributed by atoms with Crippen LogP contribution in [-0.2, 0) is 11.8 Å². The van der Waals surface area contributed by atoms with Crippen LogP contribution in [0.3, 0.4) is 0 Å². The van der Waals surface area contributed by atoms with Crippen LogP contribution in [0.25, 0.3) is 0 Å². The van der Waals surface area contributed by atoms with Crippen molar-refractivity contribution in [2.45, 2.75) is 20.3 Å². The van der Waals surface area contributed by atoms with Gasteiger partial charge >= 0.3 is 5.97 Å². The van der Waals surface area contributed by atoms with Crippen LogP contribution in [0, 0.1) is 6.92 Å². The highest BCUT2D eigenvalue weighted by Gasteiger charge is 2.12. The van der Waals surface area contributed by atoms with Gasteiger partial charge in [-0.1, -0.05) is 6.92 Å². The molecule has 0 atom stereocenters. The van der Waals surface area contributed by atoms with E-state index in [-0.39, 0.29) is 5.97 Å². The molecule has 0 saturated carbocycles. The van der Waals surface area contributed by atoms with Gasteiger partial charge in [-0.15, -0.1) is 0 Å². The van der Waals surface area contributed by atoms with Gasteiger partial charge in [-0.3, -0.25) is 4.68 Å². The maximum Gasteiger partial charge on any atom is 0.341 e. The Morgan fingerprint density at radius 1 is 1.69 bits per heavy atom. The third-order valence-corrected chi connectivity index (χ3v) is 1.67. The molecule has 0 aromatic carbocycles. The summed E-state index contributed by atoms with van der Waals surface area (Å²) in [6.07, 6.45) is 2.51. The first-order valence-electron chi connectivity index (χ1n) is 4.32. The Morgan fingerprint density at radius 3 is 2.85 bits per heavy atom. The van der Waals surface area contributed by atoms with Crippen LogP contribution in [-0.4, -0.2) is 22.4 Å². The Morgan fingerprint density at radius 2 is 2.38 bits per heavy atom. The van der Waals surface area contributed by atoms with Crippen molar-refractivity contribution >= 4 is 5.97 Å². The number of aryl methyl sites for hydroxylation is 2. The van der Waals surface area contributed by atoms with Gasteiger partial charge in [0.15, 0.2) is 0 Å². The van der Waals surface area contributed by atoms with Crippen LogP contribution < -0.4 is 0 Å². The second kappa shape index (κ2) is 4.07. The summed E-state index contributed by atoms with van der Waals surface area (Å²) >= 11 is 0. The fourth-order valence-electron chi connectivity index (χ4n) is 1.07. The van der Waals surface area contributed by atoms with Crippen LogP contribution in [0.5, 0.6) is 0 Å². The molecular weight excluding hydrogens is 168 g/mol. The summed E-state index contributed by atoms with van der Waals surface area (Å²) in [7, 11) is 1.78. The first-order valence-corrected chi connectivity index (χ1v) is 4.32. The summed E-state index contributed by atoms with van der Waals surface area (Å²) in [5.41, 5.74) is 1.26. The van der Waals surface area contributed by atoms with Crippen molar-refractivity contribution in [2.24, 2.45) is 7.05 Å². The summed E-state index contributed by atoms with van der Waals surface area (Å²) in [5, 5.41) is 4.06. The quantitative estimate of drug-likeness (QED) is 0.662. The second-order valence-corrected chi connectivity index (χ2v) is 2.94. The van der Waals surface area contributed by atoms with Crippen molar-refractivity contribution in [2.75, 3.05) is 6.61 Å². The average molecular weight is 182 g/mol. The van der Waals surface area contributed by atoms with Gasteiger partial charge in [-0.25, -0.2) is 4.79 Å². The monoisotopic (exact) mass is 182 g/mol. The lowest BCUT2D eigenvalue weighted by Crippen LogP contribution is -2.06. The molecule has 0 amide bonds. The van der Waals surface area contributed by atoms with E-state index in [1.807, 2.05) is 6.92 Å². The zero-order valence-electron chi connectivity index (χ0n) is 8.20. The van der Waals surface area contributed by atoms with Crippen LogP contribution in [0.4, 0.5) is 0 Å². The topological polar surface area (TPSA) is 44.1 Å². The Bertz CT molecular complexity index is 305. The highest BCUT2D eigenvalue weighted by molar-refractivity contribution is 5.90. The lowest BCUT2D eigenvalue weighted by molar-refractivity contribution is 0.0504. The normalized spacial score (nSPS) is 10.1. The number of ether oxygens (including phenoxy) is 1. The van der Waals surface area contributed by atoms with Crippen molar-refractivity contribution in [3.63, 3.8) is 0 Å². The number of carbonyl (C=O) groups is 1. The summed E-state index contributed by atoms with van der Waals surface area (Å²) in [4.78, 5) is 11.4. The number of rotatable bonds is 3. The van der Waals surface area contributed by atoms with E-state index in [1.165, 1.54) is 0 Å². The smallest absolute Gasteiger partial charge is 0.341 e. The zero-order chi connectivity index (χ0) is 9.84. The SMILES string of the molecule is CCCOC(=O)c1cn(C)nc1C. The van der Waals surface area contributed by atoms with Gasteiger partial charge < -0.3 is 4.74 Å². The van der Waals surface area contributed by atoms with Crippen molar-refractivity contribution in [3.05, 3.63) is 17.5 Å². The van der Waals surface area contributed by atoms with E-state index in [0.29, 0.717) is 17.9 Å². The van der Waals surface area contributed by atoms with E-state index in [0.717, 1.165) is 6.42 Å². The minimum Gasteiger partial charge on any atom is -0.462 e. The van der Waals surface area contributed by atoms with E-state index in [1.54, 1.807) is 24.9 Å². The number of aromatic nitrogens is 2. The summed E-state index contributed by atoms with van der Waals surface area (Å²) < 4.78 is 6.59. The number of carbonyl (C=O) groups excluding carboxylic acids is 1. The van der Waals surface area contributed by atoms with Gasteiger partial charge in [-0.2, -0.15) is 5.10 Å². The maximum atomic E-state index is 11.4. The predicted octanol–water partition coefficient (Wildman–Crippen LogP) is 1.30. The zero-order valence-corrected chi connectivity index (χ0v) is 8.20. The molecule has 0 aliphatic carbocycles. The Labute approximate surface area is 77.5 Å². The molecule has 0 radical (unpaired) electrons. The van der Waals surface area contributed by atoms with E-state index < -0.39 is 0 Å². The molecule has 13 heavy (non-hydrogen) atoms. The van der Waals surface area contributed by atoms with Gasteiger partial charge in [0.2, 0.25) is 0 Å². The lowest BCUT2D eigenvalue weighted by atomic mass is 10.3. The summed E-state index contributed by atoms with van der Waals surface area (Å²) in [6.45, 7) is 4.22. The van der Waals surface area contributed by atoms with Crippen LogP contribution >= 0.6 is 0 Å². The standard InChI is InChI=1S/C9H14N2O2/c1-4-5-13-9(12)8-6-11(3)10-7(8)2/h6H,4-5H2,1-3H3.